The van der Waals surface area contributed by atoms with Crippen LogP contribution in [0.5, 0.6) is 11.5 Å². The molecule has 7 nitrogen and oxygen atoms in total. The van der Waals surface area contributed by atoms with E-state index in [1.165, 1.54) is 12.2 Å². The molecule has 2 N–H and O–H groups in total. The topological polar surface area (TPSA) is 94.1 Å². The second-order valence-electron chi connectivity index (χ2n) is 7.28. The van der Waals surface area contributed by atoms with E-state index in [2.05, 4.69) is 14.8 Å². The van der Waals surface area contributed by atoms with E-state index in [-0.39, 0.29) is 5.69 Å². The van der Waals surface area contributed by atoms with Crippen molar-refractivity contribution in [2.75, 3.05) is 18.5 Å². The van der Waals surface area contributed by atoms with Crippen LogP contribution in [0.1, 0.15) is 0 Å². The molecule has 2 aliphatic heterocycles. The van der Waals surface area contributed by atoms with E-state index in [1.54, 1.807) is 0 Å². The van der Waals surface area contributed by atoms with Crippen LogP contribution >= 0.6 is 0 Å². The molecule has 1 saturated heterocycles. The number of carboxylic acid groups (broad SMARTS) is 1. The van der Waals surface area contributed by atoms with Crippen molar-refractivity contribution in [3.8, 4) is 11.5 Å². The summed E-state index contributed by atoms with van der Waals surface area (Å²) in [4.78, 5) is 24.2. The summed E-state index contributed by atoms with van der Waals surface area (Å²) in [5.41, 5.74) is -0.300. The fourth-order valence-electron chi connectivity index (χ4n) is 3.36. The normalized spacial score (nSPS) is 24.2. The third-order valence-corrected chi connectivity index (χ3v) is 4.79. The third-order valence-electron chi connectivity index (χ3n) is 4.79. The summed E-state index contributed by atoms with van der Waals surface area (Å²) in [6.45, 7) is -3.57. The first-order valence-corrected chi connectivity index (χ1v) is 9.28. The van der Waals surface area contributed by atoms with Crippen molar-refractivity contribution in [2.45, 2.75) is 30.7 Å². The first-order chi connectivity index (χ1) is 15.3. The van der Waals surface area contributed by atoms with E-state index in [4.69, 9.17) is 4.74 Å². The van der Waals surface area contributed by atoms with Crippen molar-refractivity contribution in [3.05, 3.63) is 30.4 Å². The Bertz CT molecular complexity index is 936. The molecule has 2 heterocycles. The predicted molar refractivity (Wildman–Crippen MR) is 95.5 cm³/mol. The summed E-state index contributed by atoms with van der Waals surface area (Å²) < 4.78 is 103. The number of benzene rings is 1. The number of hydrogen-bond donors (Lipinski definition) is 2. The van der Waals surface area contributed by atoms with Crippen LogP contribution in [-0.4, -0.2) is 60.9 Å². The van der Waals surface area contributed by atoms with Crippen LogP contribution in [0.15, 0.2) is 30.4 Å². The maximum absolute atomic E-state index is 13.2. The number of hydrogen-bond acceptors (Lipinski definition) is 5. The number of halogens is 7. The average molecular weight is 487 g/mol. The summed E-state index contributed by atoms with van der Waals surface area (Å²) in [6, 6.07) is 2.54. The van der Waals surface area contributed by atoms with Gasteiger partial charge in [-0.25, -0.2) is 8.78 Å². The van der Waals surface area contributed by atoms with E-state index in [0.717, 1.165) is 18.2 Å². The van der Waals surface area contributed by atoms with Gasteiger partial charge in [-0.2, -0.15) is 22.0 Å². The molecule has 1 aromatic carbocycles. The molecular formula is C19H16F7NO6. The smallest absolute Gasteiger partial charge is 0.422 e. The third kappa shape index (κ3) is 5.86. The Balaban J connectivity index is 1.81. The van der Waals surface area contributed by atoms with Gasteiger partial charge < -0.3 is 24.6 Å². The number of carbonyl (C=O) groups is 2. The molecule has 33 heavy (non-hydrogen) atoms. The van der Waals surface area contributed by atoms with Gasteiger partial charge in [0.05, 0.1) is 18.1 Å². The quantitative estimate of drug-likeness (QED) is 0.409. The number of carboxylic acids is 1. The van der Waals surface area contributed by atoms with Crippen LogP contribution in [0.2, 0.25) is 0 Å². The van der Waals surface area contributed by atoms with Gasteiger partial charge in [-0.05, 0) is 0 Å². The van der Waals surface area contributed by atoms with E-state index in [0.29, 0.717) is 0 Å². The number of fused-ring (bicyclic) bond motifs is 2. The molecule has 1 amide bonds. The molecule has 0 radical (unpaired) electrons. The molecule has 0 saturated carbocycles. The lowest BCUT2D eigenvalue weighted by Gasteiger charge is -2.22. The molecule has 4 atom stereocenters. The fraction of sp³-hybridized carbons (Fsp3) is 0.474. The van der Waals surface area contributed by atoms with Crippen molar-refractivity contribution in [1.29, 1.82) is 0 Å². The number of alkyl halides is 7. The lowest BCUT2D eigenvalue weighted by molar-refractivity contribution is -0.153. The van der Waals surface area contributed by atoms with Crippen molar-refractivity contribution in [2.24, 2.45) is 11.8 Å². The molecular weight excluding hydrogens is 471 g/mol. The van der Waals surface area contributed by atoms with Crippen LogP contribution in [0.3, 0.4) is 0 Å². The highest BCUT2D eigenvalue weighted by atomic mass is 19.4. The predicted octanol–water partition coefficient (Wildman–Crippen LogP) is 3.50. The van der Waals surface area contributed by atoms with Gasteiger partial charge in [0.15, 0.2) is 13.2 Å². The minimum Gasteiger partial charge on any atom is -0.487 e. The number of amides is 1. The second-order valence-corrected chi connectivity index (χ2v) is 7.28. The Morgan fingerprint density at radius 3 is 2.03 bits per heavy atom. The molecule has 0 unspecified atom stereocenters. The minimum atomic E-state index is -4.76. The Kier molecular flexibility index (Phi) is 6.77. The molecule has 14 heteroatoms. The minimum absolute atomic E-state index is 0.300. The highest BCUT2D eigenvalue weighted by molar-refractivity contribution is 5.97. The zero-order chi connectivity index (χ0) is 24.6. The van der Waals surface area contributed by atoms with Crippen molar-refractivity contribution >= 4 is 17.6 Å². The first-order valence-electron chi connectivity index (χ1n) is 9.28. The van der Waals surface area contributed by atoms with Gasteiger partial charge in [0.2, 0.25) is 5.91 Å². The number of rotatable bonds is 9. The number of aliphatic carboxylic acids is 1. The van der Waals surface area contributed by atoms with Gasteiger partial charge in [-0.3, -0.25) is 9.59 Å². The zero-order valence-electron chi connectivity index (χ0n) is 16.3. The monoisotopic (exact) mass is 487 g/mol. The molecule has 1 aromatic rings. The molecule has 3 rings (SSSR count). The standard InChI is InChI=1S/C19H16F7NO6/c20-17(21)18(22,23)6-31-9-3-8(4-10(5-9)32-7-19(24,25)26)27-15(28)13-11-1-2-12(33-11)14(13)16(29)30/h1-5,11-14,17H,6-7H2,(H,27,28)(H,29,30)/t11-,12-,13+,14-/m0/s1. The molecule has 0 aromatic heterocycles. The summed E-state index contributed by atoms with van der Waals surface area (Å²) in [7, 11) is 0. The summed E-state index contributed by atoms with van der Waals surface area (Å²) in [6.07, 6.45) is -7.56. The lowest BCUT2D eigenvalue weighted by atomic mass is 9.82. The highest BCUT2D eigenvalue weighted by Gasteiger charge is 2.53. The van der Waals surface area contributed by atoms with Crippen molar-refractivity contribution < 1.29 is 59.6 Å². The van der Waals surface area contributed by atoms with Crippen LogP contribution in [-0.2, 0) is 14.3 Å². The first kappa shape index (κ1) is 24.6. The van der Waals surface area contributed by atoms with Crippen LogP contribution in [0, 0.1) is 11.8 Å². The van der Waals surface area contributed by atoms with Gasteiger partial charge in [-0.15, -0.1) is 0 Å². The summed E-state index contributed by atoms with van der Waals surface area (Å²) in [5, 5.41) is 11.6. The SMILES string of the molecule is O=C(O)[C@@H]1[C@H](C(=O)Nc2cc(OCC(F)(F)F)cc(OCC(F)(F)C(F)F)c2)[C@@H]2C=C[C@@H]1O2. The van der Waals surface area contributed by atoms with Gasteiger partial charge in [0, 0.05) is 23.9 Å². The molecule has 0 spiro atoms. The average Bonchev–Trinajstić information content (AvgIpc) is 3.32. The van der Waals surface area contributed by atoms with E-state index in [1.807, 2.05) is 0 Å². The largest absolute Gasteiger partial charge is 0.487 e. The number of nitrogens with one attached hydrogen (secondary N) is 1. The van der Waals surface area contributed by atoms with Crippen molar-refractivity contribution in [3.63, 3.8) is 0 Å². The summed E-state index contributed by atoms with van der Waals surface area (Å²) in [5.74, 6) is -10.3. The van der Waals surface area contributed by atoms with Crippen LogP contribution in [0.25, 0.3) is 0 Å². The zero-order valence-corrected chi connectivity index (χ0v) is 16.3. The maximum atomic E-state index is 13.2. The molecule has 2 bridgehead atoms. The molecule has 182 valence electrons. The van der Waals surface area contributed by atoms with Gasteiger partial charge in [0.1, 0.15) is 17.4 Å². The summed E-state index contributed by atoms with van der Waals surface area (Å²) >= 11 is 0. The van der Waals surface area contributed by atoms with Gasteiger partial charge >= 0.3 is 24.5 Å². The highest BCUT2D eigenvalue weighted by Crippen LogP contribution is 2.40. The Hall–Kier alpha value is -3.03. The molecule has 0 aliphatic carbocycles. The lowest BCUT2D eigenvalue weighted by Crippen LogP contribution is -2.39. The van der Waals surface area contributed by atoms with E-state index >= 15 is 0 Å². The fourth-order valence-corrected chi connectivity index (χ4v) is 3.36. The Morgan fingerprint density at radius 1 is 0.970 bits per heavy atom. The Labute approximate surface area is 181 Å². The van der Waals surface area contributed by atoms with Crippen molar-refractivity contribution in [1.82, 2.24) is 0 Å². The second kappa shape index (κ2) is 9.08. The number of carbonyl (C=O) groups excluding carboxylic acids is 1. The van der Waals surface area contributed by atoms with E-state index < -0.39 is 79.2 Å². The van der Waals surface area contributed by atoms with E-state index in [9.17, 15) is 45.4 Å². The van der Waals surface area contributed by atoms with Crippen LogP contribution in [0.4, 0.5) is 36.4 Å². The number of ether oxygens (including phenoxy) is 3. The number of anilines is 1. The molecule has 1 fully saturated rings. The van der Waals surface area contributed by atoms with Crippen LogP contribution < -0.4 is 14.8 Å². The Morgan fingerprint density at radius 2 is 1.52 bits per heavy atom. The maximum Gasteiger partial charge on any atom is 0.422 e. The molecule has 2 aliphatic rings. The van der Waals surface area contributed by atoms with Gasteiger partial charge in [0.25, 0.3) is 0 Å². The van der Waals surface area contributed by atoms with Gasteiger partial charge in [-0.1, -0.05) is 12.2 Å².